The molecule has 1 N–H and O–H groups in total. The van der Waals surface area contributed by atoms with Crippen LogP contribution in [0.3, 0.4) is 0 Å². The Morgan fingerprint density at radius 3 is 2.58 bits per heavy atom. The van der Waals surface area contributed by atoms with E-state index < -0.39 is 6.10 Å². The first-order valence-corrected chi connectivity index (χ1v) is 5.92. The van der Waals surface area contributed by atoms with E-state index in [1.807, 2.05) is 0 Å². The molecule has 6 heteroatoms. The van der Waals surface area contributed by atoms with Gasteiger partial charge in [-0.1, -0.05) is 29.8 Å². The van der Waals surface area contributed by atoms with Gasteiger partial charge in [-0.05, 0) is 6.07 Å². The molecule has 0 fully saturated rings. The molecular weight excluding hydrogens is 268 g/mol. The lowest BCUT2D eigenvalue weighted by Gasteiger charge is -2.14. The standard InChI is InChI=1S/C13H13ClN2O3/c1-18-10-7-15-11(13(16-10)19-2)12(17)8-5-3-4-6-9(8)14/h3-7,12,17H,1-2H3. The van der Waals surface area contributed by atoms with Crippen molar-refractivity contribution in [3.05, 3.63) is 46.7 Å². The Bertz CT molecular complexity index is 578. The number of aromatic nitrogens is 2. The van der Waals surface area contributed by atoms with Crippen molar-refractivity contribution < 1.29 is 14.6 Å². The van der Waals surface area contributed by atoms with Crippen LogP contribution in [0.1, 0.15) is 17.4 Å². The summed E-state index contributed by atoms with van der Waals surface area (Å²) in [6.45, 7) is 0. The lowest BCUT2D eigenvalue weighted by molar-refractivity contribution is 0.206. The molecule has 1 aromatic carbocycles. The van der Waals surface area contributed by atoms with Gasteiger partial charge in [0.1, 0.15) is 11.8 Å². The average molecular weight is 281 g/mol. The van der Waals surface area contributed by atoms with Crippen LogP contribution in [0.25, 0.3) is 0 Å². The predicted molar refractivity (Wildman–Crippen MR) is 70.6 cm³/mol. The van der Waals surface area contributed by atoms with Gasteiger partial charge in [0.15, 0.2) is 0 Å². The van der Waals surface area contributed by atoms with Crippen LogP contribution in [0.2, 0.25) is 5.02 Å². The van der Waals surface area contributed by atoms with Crippen molar-refractivity contribution in [2.75, 3.05) is 14.2 Å². The molecular formula is C13H13ClN2O3. The fraction of sp³-hybridized carbons (Fsp3) is 0.231. The first-order valence-electron chi connectivity index (χ1n) is 5.54. The highest BCUT2D eigenvalue weighted by Gasteiger charge is 2.21. The summed E-state index contributed by atoms with van der Waals surface area (Å²) in [5.41, 5.74) is 0.832. The second-order valence-electron chi connectivity index (χ2n) is 3.73. The van der Waals surface area contributed by atoms with Gasteiger partial charge in [-0.3, -0.25) is 0 Å². The number of methoxy groups -OCH3 is 2. The number of nitrogens with zero attached hydrogens (tertiary/aromatic N) is 2. The van der Waals surface area contributed by atoms with Crippen LogP contribution in [0, 0.1) is 0 Å². The molecule has 0 bridgehead atoms. The summed E-state index contributed by atoms with van der Waals surface area (Å²) in [7, 11) is 2.93. The van der Waals surface area contributed by atoms with E-state index in [0.717, 1.165) is 0 Å². The Morgan fingerprint density at radius 2 is 1.95 bits per heavy atom. The Kier molecular flexibility index (Phi) is 4.19. The zero-order valence-electron chi connectivity index (χ0n) is 10.5. The quantitative estimate of drug-likeness (QED) is 0.930. The van der Waals surface area contributed by atoms with Gasteiger partial charge in [0.05, 0.1) is 20.4 Å². The molecule has 0 aliphatic rings. The van der Waals surface area contributed by atoms with Crippen molar-refractivity contribution in [3.63, 3.8) is 0 Å². The van der Waals surface area contributed by atoms with E-state index in [1.165, 1.54) is 20.4 Å². The normalized spacial score (nSPS) is 12.0. The molecule has 100 valence electrons. The minimum Gasteiger partial charge on any atom is -0.480 e. The molecule has 1 aromatic heterocycles. The molecule has 2 aromatic rings. The number of ether oxygens (including phenoxy) is 2. The summed E-state index contributed by atoms with van der Waals surface area (Å²) in [5.74, 6) is 0.513. The monoisotopic (exact) mass is 280 g/mol. The number of hydrogen-bond donors (Lipinski definition) is 1. The van der Waals surface area contributed by atoms with Crippen LogP contribution in [-0.4, -0.2) is 29.3 Å². The molecule has 0 spiro atoms. The third-order valence-corrected chi connectivity index (χ3v) is 2.95. The van der Waals surface area contributed by atoms with Gasteiger partial charge in [-0.15, -0.1) is 0 Å². The minimum absolute atomic E-state index is 0.201. The topological polar surface area (TPSA) is 64.5 Å². The van der Waals surface area contributed by atoms with Crippen LogP contribution in [-0.2, 0) is 0 Å². The van der Waals surface area contributed by atoms with Crippen molar-refractivity contribution in [1.29, 1.82) is 0 Å². The van der Waals surface area contributed by atoms with E-state index in [1.54, 1.807) is 24.3 Å². The van der Waals surface area contributed by atoms with Gasteiger partial charge >= 0.3 is 0 Å². The second kappa shape index (κ2) is 5.86. The molecule has 1 heterocycles. The summed E-state index contributed by atoms with van der Waals surface area (Å²) < 4.78 is 10.1. The lowest BCUT2D eigenvalue weighted by atomic mass is 10.1. The number of halogens is 1. The maximum atomic E-state index is 10.3. The smallest absolute Gasteiger partial charge is 0.241 e. The molecule has 1 unspecified atom stereocenters. The SMILES string of the molecule is COc1cnc(C(O)c2ccccc2Cl)c(OC)n1. The summed E-state index contributed by atoms with van der Waals surface area (Å²) in [6, 6.07) is 6.99. The summed E-state index contributed by atoms with van der Waals surface area (Å²) in [5, 5.41) is 10.8. The van der Waals surface area contributed by atoms with Gasteiger partial charge in [0.25, 0.3) is 0 Å². The van der Waals surface area contributed by atoms with Crippen molar-refractivity contribution >= 4 is 11.6 Å². The fourth-order valence-corrected chi connectivity index (χ4v) is 1.89. The largest absolute Gasteiger partial charge is 0.480 e. The van der Waals surface area contributed by atoms with Gasteiger partial charge in [-0.2, -0.15) is 4.98 Å². The highest BCUT2D eigenvalue weighted by atomic mass is 35.5. The van der Waals surface area contributed by atoms with Crippen LogP contribution >= 0.6 is 11.6 Å². The van der Waals surface area contributed by atoms with Gasteiger partial charge in [0, 0.05) is 10.6 Å². The second-order valence-corrected chi connectivity index (χ2v) is 4.14. The average Bonchev–Trinajstić information content (AvgIpc) is 2.46. The highest BCUT2D eigenvalue weighted by Crippen LogP contribution is 2.31. The van der Waals surface area contributed by atoms with Crippen molar-refractivity contribution in [2.45, 2.75) is 6.10 Å². The van der Waals surface area contributed by atoms with Crippen molar-refractivity contribution in [3.8, 4) is 11.8 Å². The first kappa shape index (κ1) is 13.6. The van der Waals surface area contributed by atoms with E-state index in [4.69, 9.17) is 21.1 Å². The summed E-state index contributed by atoms with van der Waals surface area (Å²) >= 11 is 6.05. The van der Waals surface area contributed by atoms with E-state index in [-0.39, 0.29) is 11.6 Å². The fourth-order valence-electron chi connectivity index (χ4n) is 1.65. The Morgan fingerprint density at radius 1 is 1.21 bits per heavy atom. The number of hydrogen-bond acceptors (Lipinski definition) is 5. The van der Waals surface area contributed by atoms with Crippen LogP contribution in [0.4, 0.5) is 0 Å². The maximum Gasteiger partial charge on any atom is 0.241 e. The molecule has 5 nitrogen and oxygen atoms in total. The van der Waals surface area contributed by atoms with Crippen molar-refractivity contribution in [2.24, 2.45) is 0 Å². The molecule has 0 saturated carbocycles. The Balaban J connectivity index is 2.44. The Hall–Kier alpha value is -1.85. The van der Waals surface area contributed by atoms with Gasteiger partial charge in [0.2, 0.25) is 11.8 Å². The Labute approximate surface area is 115 Å². The van der Waals surface area contributed by atoms with Crippen molar-refractivity contribution in [1.82, 2.24) is 9.97 Å². The first-order chi connectivity index (χ1) is 9.17. The zero-order chi connectivity index (χ0) is 13.8. The summed E-state index contributed by atoms with van der Waals surface area (Å²) in [6.07, 6.45) is 0.403. The third-order valence-electron chi connectivity index (χ3n) is 2.61. The van der Waals surface area contributed by atoms with E-state index >= 15 is 0 Å². The lowest BCUT2D eigenvalue weighted by Crippen LogP contribution is -2.07. The number of aliphatic hydroxyl groups excluding tert-OH is 1. The van der Waals surface area contributed by atoms with E-state index in [2.05, 4.69) is 9.97 Å². The molecule has 0 aliphatic carbocycles. The number of benzene rings is 1. The molecule has 0 aliphatic heterocycles. The number of aliphatic hydroxyl groups is 1. The maximum absolute atomic E-state index is 10.3. The molecule has 19 heavy (non-hydrogen) atoms. The third kappa shape index (κ3) is 2.77. The van der Waals surface area contributed by atoms with E-state index in [9.17, 15) is 5.11 Å². The summed E-state index contributed by atoms with van der Waals surface area (Å²) in [4.78, 5) is 8.19. The minimum atomic E-state index is -1.01. The van der Waals surface area contributed by atoms with Crippen LogP contribution in [0.5, 0.6) is 11.8 Å². The van der Waals surface area contributed by atoms with Crippen LogP contribution in [0.15, 0.2) is 30.5 Å². The molecule has 0 saturated heterocycles. The molecule has 1 atom stereocenters. The highest BCUT2D eigenvalue weighted by molar-refractivity contribution is 6.31. The number of rotatable bonds is 4. The van der Waals surface area contributed by atoms with Gasteiger partial charge in [-0.25, -0.2) is 4.98 Å². The molecule has 0 radical (unpaired) electrons. The molecule has 2 rings (SSSR count). The van der Waals surface area contributed by atoms with E-state index in [0.29, 0.717) is 16.5 Å². The van der Waals surface area contributed by atoms with Gasteiger partial charge < -0.3 is 14.6 Å². The zero-order valence-corrected chi connectivity index (χ0v) is 11.3. The molecule has 0 amide bonds. The predicted octanol–water partition coefficient (Wildman–Crippen LogP) is 2.23. The van der Waals surface area contributed by atoms with Crippen LogP contribution < -0.4 is 9.47 Å².